The van der Waals surface area contributed by atoms with Crippen LogP contribution in [0.1, 0.15) is 42.1 Å². The Hall–Kier alpha value is -3.13. The second-order valence-corrected chi connectivity index (χ2v) is 9.69. The van der Waals surface area contributed by atoms with Crippen LogP contribution in [0.15, 0.2) is 78.5 Å². The fraction of sp³-hybridized carbons (Fsp3) is 0.276. The molecule has 2 nitrogen and oxygen atoms in total. The van der Waals surface area contributed by atoms with Crippen molar-refractivity contribution < 1.29 is 0 Å². The highest BCUT2D eigenvalue weighted by Gasteiger charge is 2.45. The number of rotatable bonds is 3. The molecular formula is C29H28N2. The van der Waals surface area contributed by atoms with E-state index in [0.717, 1.165) is 18.5 Å². The van der Waals surface area contributed by atoms with E-state index in [1.807, 2.05) is 0 Å². The lowest BCUT2D eigenvalue weighted by atomic mass is 9.68. The van der Waals surface area contributed by atoms with Crippen LogP contribution < -0.4 is 0 Å². The van der Waals surface area contributed by atoms with Crippen molar-refractivity contribution >= 4 is 16.8 Å². The van der Waals surface area contributed by atoms with E-state index in [9.17, 15) is 0 Å². The molecular weight excluding hydrogens is 376 g/mol. The number of benzene rings is 3. The summed E-state index contributed by atoms with van der Waals surface area (Å²) in [7, 11) is 0. The quantitative estimate of drug-likeness (QED) is 0.362. The number of nitrogens with zero attached hydrogens (tertiary/aromatic N) is 2. The molecule has 6 rings (SSSR count). The van der Waals surface area contributed by atoms with Gasteiger partial charge in [-0.15, -0.1) is 0 Å². The fourth-order valence-electron chi connectivity index (χ4n) is 5.80. The highest BCUT2D eigenvalue weighted by atomic mass is 15.3. The predicted molar refractivity (Wildman–Crippen MR) is 128 cm³/mol. The van der Waals surface area contributed by atoms with Gasteiger partial charge in [0.2, 0.25) is 0 Å². The molecule has 0 bridgehead atoms. The first-order chi connectivity index (χ1) is 15.1. The van der Waals surface area contributed by atoms with E-state index < -0.39 is 0 Å². The Morgan fingerprint density at radius 2 is 1.81 bits per heavy atom. The molecule has 0 aliphatic heterocycles. The molecule has 0 spiro atoms. The number of hydrogen-bond donors (Lipinski definition) is 0. The minimum atomic E-state index is 0.236. The minimum Gasteiger partial charge on any atom is -0.233 e. The Balaban J connectivity index is 1.31. The maximum absolute atomic E-state index is 4.77. The Morgan fingerprint density at radius 3 is 2.65 bits per heavy atom. The van der Waals surface area contributed by atoms with Crippen molar-refractivity contribution in [1.29, 1.82) is 0 Å². The molecule has 2 unspecified atom stereocenters. The molecule has 1 fully saturated rings. The van der Waals surface area contributed by atoms with Gasteiger partial charge in [0, 0.05) is 0 Å². The average Bonchev–Trinajstić information content (AvgIpc) is 3.32. The number of allylic oxidation sites excluding steroid dienone is 1. The van der Waals surface area contributed by atoms with Gasteiger partial charge < -0.3 is 0 Å². The number of aromatic nitrogens is 2. The lowest BCUT2D eigenvalue weighted by Crippen LogP contribution is -2.30. The Kier molecular flexibility index (Phi) is 4.17. The Bertz CT molecular complexity index is 1310. The summed E-state index contributed by atoms with van der Waals surface area (Å²) in [5.41, 5.74) is 8.41. The third kappa shape index (κ3) is 3.05. The molecule has 2 aliphatic rings. The van der Waals surface area contributed by atoms with Gasteiger partial charge in [-0.3, -0.25) is 0 Å². The molecule has 1 saturated carbocycles. The van der Waals surface area contributed by atoms with Crippen LogP contribution in [-0.4, -0.2) is 9.78 Å². The summed E-state index contributed by atoms with van der Waals surface area (Å²) in [5.74, 6) is 0.677. The molecule has 0 N–H and O–H groups in total. The van der Waals surface area contributed by atoms with Crippen LogP contribution in [0.25, 0.3) is 22.5 Å². The topological polar surface area (TPSA) is 17.8 Å². The van der Waals surface area contributed by atoms with Gasteiger partial charge in [-0.2, -0.15) is 5.10 Å². The normalized spacial score (nSPS) is 22.3. The summed E-state index contributed by atoms with van der Waals surface area (Å²) >= 11 is 0. The first-order valence-electron chi connectivity index (χ1n) is 11.4. The van der Waals surface area contributed by atoms with Crippen molar-refractivity contribution in [2.45, 2.75) is 39.5 Å². The van der Waals surface area contributed by atoms with E-state index in [-0.39, 0.29) is 5.41 Å². The first kappa shape index (κ1) is 18.6. The predicted octanol–water partition coefficient (Wildman–Crippen LogP) is 6.93. The van der Waals surface area contributed by atoms with Gasteiger partial charge in [0.25, 0.3) is 0 Å². The number of aryl methyl sites for hydroxylation is 1. The highest BCUT2D eigenvalue weighted by molar-refractivity contribution is 5.83. The number of hydrogen-bond acceptors (Lipinski definition) is 1. The average molecular weight is 405 g/mol. The van der Waals surface area contributed by atoms with Crippen LogP contribution in [0.3, 0.4) is 0 Å². The molecule has 31 heavy (non-hydrogen) atoms. The summed E-state index contributed by atoms with van der Waals surface area (Å²) in [6.45, 7) is 4.62. The molecule has 0 radical (unpaired) electrons. The van der Waals surface area contributed by atoms with E-state index in [4.69, 9.17) is 5.10 Å². The van der Waals surface area contributed by atoms with E-state index in [2.05, 4.69) is 97.5 Å². The summed E-state index contributed by atoms with van der Waals surface area (Å²) in [5, 5.41) is 7.45. The first-order valence-corrected chi connectivity index (χ1v) is 11.4. The van der Waals surface area contributed by atoms with Crippen LogP contribution in [0.2, 0.25) is 0 Å². The van der Waals surface area contributed by atoms with Crippen molar-refractivity contribution in [2.24, 2.45) is 11.3 Å². The zero-order valence-corrected chi connectivity index (χ0v) is 18.3. The second kappa shape index (κ2) is 6.95. The van der Waals surface area contributed by atoms with Crippen LogP contribution in [0.5, 0.6) is 0 Å². The molecule has 154 valence electrons. The molecule has 1 aromatic heterocycles. The van der Waals surface area contributed by atoms with E-state index >= 15 is 0 Å². The summed E-state index contributed by atoms with van der Waals surface area (Å²) < 4.78 is 2.12. The summed E-state index contributed by atoms with van der Waals surface area (Å²) in [6, 6.07) is 24.4. The van der Waals surface area contributed by atoms with Crippen LogP contribution in [-0.2, 0) is 12.8 Å². The molecule has 0 saturated heterocycles. The van der Waals surface area contributed by atoms with Crippen molar-refractivity contribution in [3.8, 4) is 5.69 Å². The fourth-order valence-corrected chi connectivity index (χ4v) is 5.80. The summed E-state index contributed by atoms with van der Waals surface area (Å²) in [4.78, 5) is 0. The maximum atomic E-state index is 4.77. The maximum Gasteiger partial charge on any atom is 0.0700 e. The lowest BCUT2D eigenvalue weighted by molar-refractivity contribution is 0.270. The second-order valence-electron chi connectivity index (χ2n) is 9.69. The third-order valence-electron chi connectivity index (χ3n) is 7.73. The van der Waals surface area contributed by atoms with E-state index in [1.54, 1.807) is 5.57 Å². The van der Waals surface area contributed by atoms with Crippen LogP contribution >= 0.6 is 0 Å². The highest BCUT2D eigenvalue weighted by Crippen LogP contribution is 2.54. The van der Waals surface area contributed by atoms with Gasteiger partial charge in [0.15, 0.2) is 0 Å². The zero-order chi connectivity index (χ0) is 21.0. The van der Waals surface area contributed by atoms with Crippen LogP contribution in [0, 0.1) is 18.3 Å². The van der Waals surface area contributed by atoms with Crippen molar-refractivity contribution in [2.75, 3.05) is 0 Å². The minimum absolute atomic E-state index is 0.236. The Morgan fingerprint density at radius 1 is 1.00 bits per heavy atom. The van der Waals surface area contributed by atoms with Crippen LogP contribution in [0.4, 0.5) is 0 Å². The van der Waals surface area contributed by atoms with Gasteiger partial charge in [-0.05, 0) is 84.0 Å². The van der Waals surface area contributed by atoms with Gasteiger partial charge in [-0.1, -0.05) is 72.7 Å². The standard InChI is InChI=1S/C29H28N2/c1-20-7-13-27(14-8-20)31-28-17-26-12-11-25(29(26,2)18-24(28)19-30-31)16-21-9-10-22-5-3-4-6-23(22)15-21/h3-10,13-15,17,19,25H,11-12,16,18H2,1-2H3. The van der Waals surface area contributed by atoms with Gasteiger partial charge in [0.05, 0.1) is 17.6 Å². The van der Waals surface area contributed by atoms with Crippen molar-refractivity contribution in [3.05, 3.63) is 101 Å². The molecule has 4 aromatic rings. The van der Waals surface area contributed by atoms with E-state index in [1.165, 1.54) is 46.0 Å². The SMILES string of the molecule is Cc1ccc(-n2ncc3c2C=C2CCC(Cc4ccc5ccccc5c4)C2(C)C3)cc1. The molecule has 1 heterocycles. The zero-order valence-electron chi connectivity index (χ0n) is 18.3. The molecule has 2 heteroatoms. The molecule has 2 atom stereocenters. The molecule has 3 aromatic carbocycles. The smallest absolute Gasteiger partial charge is 0.0700 e. The summed E-state index contributed by atoms with van der Waals surface area (Å²) in [6.07, 6.45) is 9.27. The number of fused-ring (bicyclic) bond motifs is 3. The van der Waals surface area contributed by atoms with E-state index in [0.29, 0.717) is 5.92 Å². The van der Waals surface area contributed by atoms with Gasteiger partial charge in [-0.25, -0.2) is 4.68 Å². The third-order valence-corrected chi connectivity index (χ3v) is 7.73. The molecule has 2 aliphatic carbocycles. The van der Waals surface area contributed by atoms with Gasteiger partial charge >= 0.3 is 0 Å². The lowest BCUT2D eigenvalue weighted by Gasteiger charge is -2.36. The molecule has 0 amide bonds. The van der Waals surface area contributed by atoms with Crippen molar-refractivity contribution in [1.82, 2.24) is 9.78 Å². The van der Waals surface area contributed by atoms with Gasteiger partial charge in [0.1, 0.15) is 0 Å². The van der Waals surface area contributed by atoms with Crippen molar-refractivity contribution in [3.63, 3.8) is 0 Å². The largest absolute Gasteiger partial charge is 0.233 e. The monoisotopic (exact) mass is 404 g/mol. The Labute approximate surface area is 184 Å².